The number of H-pyrrole nitrogens is 2. The molecule has 17 heavy (non-hydrogen) atoms. The standard InChI is InChI=1S/C13H14N4/c1-8-12(13-11(6-14)15-7-16-13)9-4-2-3-5-10(9)17-8/h2-5,7,17H,6,14H2,1H3,(H,15,16). The van der Waals surface area contributed by atoms with Crippen molar-refractivity contribution in [3.05, 3.63) is 42.0 Å². The molecule has 0 aliphatic heterocycles. The molecule has 0 atom stereocenters. The lowest BCUT2D eigenvalue weighted by atomic mass is 10.1. The SMILES string of the molecule is Cc1[nH]c2ccccc2c1-c1nc[nH]c1CN. The highest BCUT2D eigenvalue weighted by Crippen LogP contribution is 2.32. The molecular weight excluding hydrogens is 212 g/mol. The van der Waals surface area contributed by atoms with Crippen molar-refractivity contribution >= 4 is 10.9 Å². The van der Waals surface area contributed by atoms with Gasteiger partial charge in [0.05, 0.1) is 17.7 Å². The number of para-hydroxylation sites is 1. The van der Waals surface area contributed by atoms with E-state index in [0.717, 1.165) is 28.2 Å². The third-order valence-electron chi connectivity index (χ3n) is 3.05. The van der Waals surface area contributed by atoms with Crippen molar-refractivity contribution in [3.63, 3.8) is 0 Å². The first-order valence-electron chi connectivity index (χ1n) is 5.61. The van der Waals surface area contributed by atoms with Gasteiger partial charge in [0.15, 0.2) is 0 Å². The second kappa shape index (κ2) is 3.75. The van der Waals surface area contributed by atoms with E-state index in [-0.39, 0.29) is 0 Å². The number of nitrogens with two attached hydrogens (primary N) is 1. The molecule has 0 spiro atoms. The maximum absolute atomic E-state index is 5.71. The van der Waals surface area contributed by atoms with E-state index in [4.69, 9.17) is 5.73 Å². The molecule has 0 amide bonds. The van der Waals surface area contributed by atoms with Gasteiger partial charge < -0.3 is 15.7 Å². The molecular formula is C13H14N4. The van der Waals surface area contributed by atoms with Crippen molar-refractivity contribution in [2.75, 3.05) is 0 Å². The first kappa shape index (κ1) is 10.1. The summed E-state index contributed by atoms with van der Waals surface area (Å²) in [6.45, 7) is 2.53. The normalized spacial score (nSPS) is 11.2. The summed E-state index contributed by atoms with van der Waals surface area (Å²) in [5.41, 5.74) is 11.0. The largest absolute Gasteiger partial charge is 0.358 e. The number of aromatic amines is 2. The van der Waals surface area contributed by atoms with Gasteiger partial charge in [0.1, 0.15) is 0 Å². The number of hydrogen-bond donors (Lipinski definition) is 3. The lowest BCUT2D eigenvalue weighted by Gasteiger charge is -2.00. The van der Waals surface area contributed by atoms with Crippen molar-refractivity contribution < 1.29 is 0 Å². The Hall–Kier alpha value is -2.07. The van der Waals surface area contributed by atoms with Crippen LogP contribution in [0.25, 0.3) is 22.2 Å². The summed E-state index contributed by atoms with van der Waals surface area (Å²) in [6, 6.07) is 8.23. The zero-order valence-electron chi connectivity index (χ0n) is 9.62. The van der Waals surface area contributed by atoms with Crippen molar-refractivity contribution in [2.24, 2.45) is 5.73 Å². The Morgan fingerprint density at radius 3 is 2.94 bits per heavy atom. The Morgan fingerprint density at radius 2 is 2.12 bits per heavy atom. The van der Waals surface area contributed by atoms with Gasteiger partial charge in [-0.3, -0.25) is 0 Å². The van der Waals surface area contributed by atoms with Gasteiger partial charge in [-0.15, -0.1) is 0 Å². The molecule has 0 radical (unpaired) electrons. The molecule has 0 aliphatic rings. The summed E-state index contributed by atoms with van der Waals surface area (Å²) in [7, 11) is 0. The second-order valence-corrected chi connectivity index (χ2v) is 4.10. The summed E-state index contributed by atoms with van der Waals surface area (Å²) in [5.74, 6) is 0. The molecule has 0 saturated carbocycles. The molecule has 4 nitrogen and oxygen atoms in total. The smallest absolute Gasteiger partial charge is 0.0950 e. The second-order valence-electron chi connectivity index (χ2n) is 4.10. The predicted octanol–water partition coefficient (Wildman–Crippen LogP) is 2.33. The van der Waals surface area contributed by atoms with Crippen LogP contribution in [0.1, 0.15) is 11.4 Å². The van der Waals surface area contributed by atoms with Crippen LogP contribution in [0.5, 0.6) is 0 Å². The summed E-state index contributed by atoms with van der Waals surface area (Å²) < 4.78 is 0. The molecule has 1 aromatic carbocycles. The summed E-state index contributed by atoms with van der Waals surface area (Å²) in [4.78, 5) is 10.8. The number of nitrogens with zero attached hydrogens (tertiary/aromatic N) is 1. The van der Waals surface area contributed by atoms with Crippen molar-refractivity contribution in [3.8, 4) is 11.3 Å². The molecule has 4 N–H and O–H groups in total. The fourth-order valence-corrected chi connectivity index (χ4v) is 2.27. The Balaban J connectivity index is 2.33. The molecule has 2 heterocycles. The Bertz CT molecular complexity index is 663. The zero-order chi connectivity index (χ0) is 11.8. The number of imidazole rings is 1. The molecule has 0 bridgehead atoms. The van der Waals surface area contributed by atoms with Crippen molar-refractivity contribution in [1.29, 1.82) is 0 Å². The highest BCUT2D eigenvalue weighted by atomic mass is 14.9. The van der Waals surface area contributed by atoms with E-state index in [0.29, 0.717) is 6.54 Å². The van der Waals surface area contributed by atoms with E-state index in [1.807, 2.05) is 12.1 Å². The number of benzene rings is 1. The van der Waals surface area contributed by atoms with Gasteiger partial charge in [-0.2, -0.15) is 0 Å². The zero-order valence-corrected chi connectivity index (χ0v) is 9.62. The van der Waals surface area contributed by atoms with Crippen LogP contribution in [0.4, 0.5) is 0 Å². The van der Waals surface area contributed by atoms with Crippen LogP contribution in [0.2, 0.25) is 0 Å². The maximum atomic E-state index is 5.71. The van der Waals surface area contributed by atoms with Gasteiger partial charge in [0.2, 0.25) is 0 Å². The third-order valence-corrected chi connectivity index (χ3v) is 3.05. The van der Waals surface area contributed by atoms with Crippen LogP contribution >= 0.6 is 0 Å². The molecule has 86 valence electrons. The number of nitrogens with one attached hydrogen (secondary N) is 2. The van der Waals surface area contributed by atoms with Gasteiger partial charge in [-0.25, -0.2) is 4.98 Å². The number of rotatable bonds is 2. The fourth-order valence-electron chi connectivity index (χ4n) is 2.27. The van der Waals surface area contributed by atoms with Crippen molar-refractivity contribution in [2.45, 2.75) is 13.5 Å². The molecule has 3 aromatic rings. The molecule has 0 aliphatic carbocycles. The molecule has 0 unspecified atom stereocenters. The van der Waals surface area contributed by atoms with Gasteiger partial charge in [0, 0.05) is 28.7 Å². The summed E-state index contributed by atoms with van der Waals surface area (Å²) >= 11 is 0. The van der Waals surface area contributed by atoms with Gasteiger partial charge in [-0.05, 0) is 13.0 Å². The maximum Gasteiger partial charge on any atom is 0.0950 e. The van der Waals surface area contributed by atoms with Gasteiger partial charge in [-0.1, -0.05) is 18.2 Å². The topological polar surface area (TPSA) is 70.5 Å². The van der Waals surface area contributed by atoms with E-state index in [1.165, 1.54) is 5.39 Å². The van der Waals surface area contributed by atoms with Gasteiger partial charge in [0.25, 0.3) is 0 Å². The van der Waals surface area contributed by atoms with E-state index in [9.17, 15) is 0 Å². The number of aryl methyl sites for hydroxylation is 1. The van der Waals surface area contributed by atoms with E-state index >= 15 is 0 Å². The first-order valence-corrected chi connectivity index (χ1v) is 5.61. The highest BCUT2D eigenvalue weighted by molar-refractivity contribution is 5.96. The molecule has 4 heteroatoms. The molecule has 3 rings (SSSR count). The molecule has 0 saturated heterocycles. The van der Waals surface area contributed by atoms with Crippen LogP contribution in [-0.2, 0) is 6.54 Å². The predicted molar refractivity (Wildman–Crippen MR) is 68.5 cm³/mol. The third kappa shape index (κ3) is 1.45. The number of fused-ring (bicyclic) bond motifs is 1. The van der Waals surface area contributed by atoms with Crippen LogP contribution in [0, 0.1) is 6.92 Å². The van der Waals surface area contributed by atoms with E-state index in [1.54, 1.807) is 6.33 Å². The van der Waals surface area contributed by atoms with Crippen LogP contribution in [0.15, 0.2) is 30.6 Å². The van der Waals surface area contributed by atoms with Crippen molar-refractivity contribution in [1.82, 2.24) is 15.0 Å². The number of hydrogen-bond acceptors (Lipinski definition) is 2. The van der Waals surface area contributed by atoms with Crippen LogP contribution < -0.4 is 5.73 Å². The monoisotopic (exact) mass is 226 g/mol. The van der Waals surface area contributed by atoms with E-state index in [2.05, 4.69) is 34.0 Å². The number of aromatic nitrogens is 3. The van der Waals surface area contributed by atoms with Gasteiger partial charge >= 0.3 is 0 Å². The minimum absolute atomic E-state index is 0.467. The average Bonchev–Trinajstić information content (AvgIpc) is 2.90. The Morgan fingerprint density at radius 1 is 1.29 bits per heavy atom. The first-order chi connectivity index (χ1) is 8.31. The average molecular weight is 226 g/mol. The molecule has 0 fully saturated rings. The lowest BCUT2D eigenvalue weighted by Crippen LogP contribution is -1.98. The molecule has 2 aromatic heterocycles. The quantitative estimate of drug-likeness (QED) is 0.627. The minimum atomic E-state index is 0.467. The fraction of sp³-hybridized carbons (Fsp3) is 0.154. The highest BCUT2D eigenvalue weighted by Gasteiger charge is 2.14. The Labute approximate surface area is 98.9 Å². The Kier molecular flexibility index (Phi) is 2.23. The van der Waals surface area contributed by atoms with Crippen LogP contribution in [0.3, 0.4) is 0 Å². The minimum Gasteiger partial charge on any atom is -0.358 e. The lowest BCUT2D eigenvalue weighted by molar-refractivity contribution is 1.01. The van der Waals surface area contributed by atoms with E-state index < -0.39 is 0 Å². The summed E-state index contributed by atoms with van der Waals surface area (Å²) in [6.07, 6.45) is 1.69. The summed E-state index contributed by atoms with van der Waals surface area (Å²) in [5, 5.41) is 1.19. The van der Waals surface area contributed by atoms with Crippen LogP contribution in [-0.4, -0.2) is 15.0 Å².